The molecule has 0 bridgehead atoms. The lowest BCUT2D eigenvalue weighted by atomic mass is 9.91. The standard InChI is InChI=1S/C24H29FN2O2/c1-17-5-9-19(10-6-17)22-13-21(29-26-22)16-27(23(28)14-24(2,3)4)15-18-7-11-20(25)12-8-18/h5-12,21H,13-16H2,1-4H3/t21-/m0/s1. The van der Waals surface area contributed by atoms with E-state index in [-0.39, 0.29) is 23.2 Å². The van der Waals surface area contributed by atoms with Gasteiger partial charge in [-0.25, -0.2) is 4.39 Å². The topological polar surface area (TPSA) is 41.9 Å². The van der Waals surface area contributed by atoms with Gasteiger partial charge in [0, 0.05) is 19.4 Å². The van der Waals surface area contributed by atoms with Crippen molar-refractivity contribution >= 4 is 11.6 Å². The van der Waals surface area contributed by atoms with E-state index in [4.69, 9.17) is 4.84 Å². The molecule has 0 unspecified atom stereocenters. The molecule has 2 aromatic carbocycles. The normalized spacial score (nSPS) is 16.3. The maximum absolute atomic E-state index is 13.2. The number of amides is 1. The first kappa shape index (κ1) is 21.0. The molecule has 0 aromatic heterocycles. The first-order valence-corrected chi connectivity index (χ1v) is 10.0. The Balaban J connectivity index is 1.68. The SMILES string of the molecule is Cc1ccc(C2=NO[C@H](CN(Cc3ccc(F)cc3)C(=O)CC(C)(C)C)C2)cc1. The lowest BCUT2D eigenvalue weighted by Gasteiger charge is -2.28. The van der Waals surface area contributed by atoms with Crippen molar-refractivity contribution in [3.8, 4) is 0 Å². The van der Waals surface area contributed by atoms with E-state index >= 15 is 0 Å². The Hall–Kier alpha value is -2.69. The number of hydrogen-bond donors (Lipinski definition) is 0. The molecule has 0 radical (unpaired) electrons. The van der Waals surface area contributed by atoms with E-state index in [1.807, 2.05) is 39.8 Å². The van der Waals surface area contributed by atoms with Crippen molar-refractivity contribution in [3.63, 3.8) is 0 Å². The van der Waals surface area contributed by atoms with Crippen LogP contribution in [-0.4, -0.2) is 29.2 Å². The zero-order valence-corrected chi connectivity index (χ0v) is 17.6. The molecule has 1 heterocycles. The summed E-state index contributed by atoms with van der Waals surface area (Å²) in [6, 6.07) is 14.5. The fourth-order valence-corrected chi connectivity index (χ4v) is 3.32. The Morgan fingerprint density at radius 1 is 1.14 bits per heavy atom. The molecule has 2 aromatic rings. The zero-order chi connectivity index (χ0) is 21.0. The summed E-state index contributed by atoms with van der Waals surface area (Å²) in [7, 11) is 0. The predicted molar refractivity (Wildman–Crippen MR) is 113 cm³/mol. The summed E-state index contributed by atoms with van der Waals surface area (Å²) >= 11 is 0. The van der Waals surface area contributed by atoms with Crippen molar-refractivity contribution in [1.29, 1.82) is 0 Å². The molecule has 4 nitrogen and oxygen atoms in total. The molecule has 29 heavy (non-hydrogen) atoms. The Kier molecular flexibility index (Phi) is 6.36. The van der Waals surface area contributed by atoms with Crippen LogP contribution in [0.15, 0.2) is 53.7 Å². The van der Waals surface area contributed by atoms with Gasteiger partial charge < -0.3 is 9.74 Å². The van der Waals surface area contributed by atoms with E-state index in [9.17, 15) is 9.18 Å². The lowest BCUT2D eigenvalue weighted by Crippen LogP contribution is -2.38. The first-order chi connectivity index (χ1) is 13.7. The van der Waals surface area contributed by atoms with Crippen LogP contribution in [0.25, 0.3) is 0 Å². The summed E-state index contributed by atoms with van der Waals surface area (Å²) in [6.45, 7) is 9.07. The number of hydrogen-bond acceptors (Lipinski definition) is 3. The largest absolute Gasteiger partial charge is 0.390 e. The molecule has 0 spiro atoms. The Morgan fingerprint density at radius 2 is 1.79 bits per heavy atom. The van der Waals surface area contributed by atoms with Crippen LogP contribution in [0.4, 0.5) is 4.39 Å². The summed E-state index contributed by atoms with van der Waals surface area (Å²) in [6.07, 6.45) is 0.911. The average molecular weight is 397 g/mol. The molecule has 1 aliphatic rings. The minimum Gasteiger partial charge on any atom is -0.390 e. The molecule has 5 heteroatoms. The Labute approximate surface area is 172 Å². The number of oxime groups is 1. The number of rotatable bonds is 6. The van der Waals surface area contributed by atoms with Crippen LogP contribution < -0.4 is 0 Å². The molecule has 0 fully saturated rings. The molecule has 3 rings (SSSR count). The summed E-state index contributed by atoms with van der Waals surface area (Å²) in [5, 5.41) is 4.25. The van der Waals surface area contributed by atoms with Crippen LogP contribution in [0.1, 0.15) is 50.3 Å². The smallest absolute Gasteiger partial charge is 0.223 e. The van der Waals surface area contributed by atoms with Gasteiger partial charge in [0.2, 0.25) is 5.91 Å². The number of benzene rings is 2. The van der Waals surface area contributed by atoms with E-state index in [1.165, 1.54) is 17.7 Å². The Bertz CT molecular complexity index is 867. The number of carbonyl (C=O) groups is 1. The molecule has 0 N–H and O–H groups in total. The van der Waals surface area contributed by atoms with E-state index in [0.29, 0.717) is 25.9 Å². The van der Waals surface area contributed by atoms with Crippen LogP contribution in [0.5, 0.6) is 0 Å². The zero-order valence-electron chi connectivity index (χ0n) is 17.6. The van der Waals surface area contributed by atoms with Crippen molar-refractivity contribution in [3.05, 3.63) is 71.0 Å². The fourth-order valence-electron chi connectivity index (χ4n) is 3.32. The highest BCUT2D eigenvalue weighted by Gasteiger charge is 2.28. The van der Waals surface area contributed by atoms with Crippen LogP contribution in [-0.2, 0) is 16.2 Å². The van der Waals surface area contributed by atoms with Gasteiger partial charge in [-0.3, -0.25) is 4.79 Å². The van der Waals surface area contributed by atoms with Crippen LogP contribution >= 0.6 is 0 Å². The molecular weight excluding hydrogens is 367 g/mol. The van der Waals surface area contributed by atoms with Crippen LogP contribution in [0, 0.1) is 18.2 Å². The quantitative estimate of drug-likeness (QED) is 0.682. The van der Waals surface area contributed by atoms with Crippen LogP contribution in [0.3, 0.4) is 0 Å². The molecule has 0 saturated carbocycles. The maximum atomic E-state index is 13.2. The minimum absolute atomic E-state index is 0.0641. The van der Waals surface area contributed by atoms with Gasteiger partial charge in [-0.05, 0) is 35.6 Å². The number of halogens is 1. The fraction of sp³-hybridized carbons (Fsp3) is 0.417. The van der Waals surface area contributed by atoms with Crippen molar-refractivity contribution in [2.75, 3.05) is 6.54 Å². The van der Waals surface area contributed by atoms with Crippen molar-refractivity contribution in [1.82, 2.24) is 4.90 Å². The van der Waals surface area contributed by atoms with Gasteiger partial charge in [0.15, 0.2) is 6.10 Å². The monoisotopic (exact) mass is 396 g/mol. The minimum atomic E-state index is -0.281. The third-order valence-electron chi connectivity index (χ3n) is 4.86. The molecule has 0 saturated heterocycles. The highest BCUT2D eigenvalue weighted by atomic mass is 19.1. The van der Waals surface area contributed by atoms with E-state index in [1.54, 1.807) is 17.0 Å². The van der Waals surface area contributed by atoms with Gasteiger partial charge in [0.25, 0.3) is 0 Å². The van der Waals surface area contributed by atoms with Gasteiger partial charge in [0.05, 0.1) is 12.3 Å². The second-order valence-electron chi connectivity index (χ2n) is 8.97. The molecule has 154 valence electrons. The maximum Gasteiger partial charge on any atom is 0.223 e. The summed E-state index contributed by atoms with van der Waals surface area (Å²) in [4.78, 5) is 20.4. The van der Waals surface area contributed by atoms with Gasteiger partial charge in [0.1, 0.15) is 5.82 Å². The first-order valence-electron chi connectivity index (χ1n) is 10.0. The molecule has 1 aliphatic heterocycles. The van der Waals surface area contributed by atoms with Gasteiger partial charge in [-0.2, -0.15) is 0 Å². The number of carbonyl (C=O) groups excluding carboxylic acids is 1. The second-order valence-corrected chi connectivity index (χ2v) is 8.97. The number of nitrogens with zero attached hydrogens (tertiary/aromatic N) is 2. The third kappa shape index (κ3) is 6.14. The lowest BCUT2D eigenvalue weighted by molar-refractivity contribution is -0.135. The van der Waals surface area contributed by atoms with Crippen molar-refractivity contribution in [2.45, 2.75) is 53.2 Å². The van der Waals surface area contributed by atoms with E-state index < -0.39 is 0 Å². The predicted octanol–water partition coefficient (Wildman–Crippen LogP) is 5.09. The molecular formula is C24H29FN2O2. The van der Waals surface area contributed by atoms with Gasteiger partial charge in [-0.1, -0.05) is 67.9 Å². The summed E-state index contributed by atoms with van der Waals surface area (Å²) in [5.41, 5.74) is 3.93. The third-order valence-corrected chi connectivity index (χ3v) is 4.86. The van der Waals surface area contributed by atoms with Gasteiger partial charge in [-0.15, -0.1) is 0 Å². The van der Waals surface area contributed by atoms with Crippen LogP contribution in [0.2, 0.25) is 0 Å². The average Bonchev–Trinajstić information content (AvgIpc) is 3.11. The second kappa shape index (κ2) is 8.76. The van der Waals surface area contributed by atoms with Crippen molar-refractivity contribution < 1.29 is 14.0 Å². The number of aryl methyl sites for hydroxylation is 1. The molecule has 1 amide bonds. The van der Waals surface area contributed by atoms with Crippen molar-refractivity contribution in [2.24, 2.45) is 10.6 Å². The van der Waals surface area contributed by atoms with E-state index in [0.717, 1.165) is 16.8 Å². The Morgan fingerprint density at radius 3 is 2.41 bits per heavy atom. The molecule has 0 aliphatic carbocycles. The summed E-state index contributed by atoms with van der Waals surface area (Å²) in [5.74, 6) is -0.217. The van der Waals surface area contributed by atoms with Gasteiger partial charge >= 0.3 is 0 Å². The highest BCUT2D eigenvalue weighted by Crippen LogP contribution is 2.23. The molecule has 1 atom stereocenters. The summed E-state index contributed by atoms with van der Waals surface area (Å²) < 4.78 is 13.2. The van der Waals surface area contributed by atoms with E-state index in [2.05, 4.69) is 17.3 Å². The highest BCUT2D eigenvalue weighted by molar-refractivity contribution is 6.01.